The largest absolute Gasteiger partial charge is 0.325 e. The highest BCUT2D eigenvalue weighted by Crippen LogP contribution is 2.26. The Morgan fingerprint density at radius 2 is 1.33 bits per heavy atom. The van der Waals surface area contributed by atoms with Gasteiger partial charge in [-0.25, -0.2) is 0 Å². The summed E-state index contributed by atoms with van der Waals surface area (Å²) in [7, 11) is 0. The summed E-state index contributed by atoms with van der Waals surface area (Å²) >= 11 is 4.81. The molecule has 0 saturated heterocycles. The van der Waals surface area contributed by atoms with Crippen LogP contribution in [0.25, 0.3) is 6.08 Å². The molecule has 4 aromatic rings. The highest BCUT2D eigenvalue weighted by Gasteiger charge is 2.17. The van der Waals surface area contributed by atoms with Crippen molar-refractivity contribution in [3.63, 3.8) is 0 Å². The fourth-order valence-electron chi connectivity index (χ4n) is 3.94. The van der Waals surface area contributed by atoms with Crippen LogP contribution in [0.1, 0.15) is 48.2 Å². The molecule has 0 saturated carbocycles. The van der Waals surface area contributed by atoms with Gasteiger partial charge in [0.05, 0.1) is 5.25 Å². The van der Waals surface area contributed by atoms with E-state index < -0.39 is 5.91 Å². The molecule has 6 nitrogen and oxygen atoms in total. The Morgan fingerprint density at radius 3 is 1.95 bits per heavy atom. The van der Waals surface area contributed by atoms with E-state index in [1.807, 2.05) is 73.7 Å². The van der Waals surface area contributed by atoms with Crippen LogP contribution in [0.15, 0.2) is 118 Å². The predicted molar refractivity (Wildman–Crippen MR) is 176 cm³/mol. The first-order valence-electron chi connectivity index (χ1n) is 13.5. The summed E-state index contributed by atoms with van der Waals surface area (Å²) in [4.78, 5) is 39.8. The number of nitrogens with one attached hydrogen (secondary N) is 3. The smallest absolute Gasteiger partial charge is 0.272 e. The Bertz CT molecular complexity index is 1550. The average Bonchev–Trinajstić information content (AvgIpc) is 2.99. The molecule has 42 heavy (non-hydrogen) atoms. The number of amides is 3. The zero-order valence-electron chi connectivity index (χ0n) is 23.6. The van der Waals surface area contributed by atoms with E-state index >= 15 is 0 Å². The first kappa shape index (κ1) is 30.8. The summed E-state index contributed by atoms with van der Waals surface area (Å²) in [5.74, 6) is -0.550. The van der Waals surface area contributed by atoms with Crippen molar-refractivity contribution in [2.45, 2.75) is 36.8 Å². The van der Waals surface area contributed by atoms with Gasteiger partial charge in [0.15, 0.2) is 0 Å². The molecular weight excluding hydrogens is 610 g/mol. The molecule has 0 aliphatic rings. The van der Waals surface area contributed by atoms with Gasteiger partial charge in [-0.05, 0) is 90.7 Å². The van der Waals surface area contributed by atoms with Gasteiger partial charge in [-0.2, -0.15) is 0 Å². The van der Waals surface area contributed by atoms with Crippen LogP contribution in [0.2, 0.25) is 0 Å². The lowest BCUT2D eigenvalue weighted by Crippen LogP contribution is -2.30. The molecule has 1 atom stereocenters. The zero-order valence-corrected chi connectivity index (χ0v) is 26.0. The van der Waals surface area contributed by atoms with Crippen LogP contribution in [0.4, 0.5) is 11.4 Å². The van der Waals surface area contributed by atoms with Crippen molar-refractivity contribution in [3.8, 4) is 0 Å². The molecule has 0 aromatic heterocycles. The Balaban J connectivity index is 1.44. The number of thioether (sulfide) groups is 1. The van der Waals surface area contributed by atoms with E-state index in [0.717, 1.165) is 20.6 Å². The van der Waals surface area contributed by atoms with Crippen molar-refractivity contribution in [2.75, 3.05) is 10.6 Å². The third-order valence-corrected chi connectivity index (χ3v) is 7.99. The second-order valence-corrected chi connectivity index (χ2v) is 12.3. The van der Waals surface area contributed by atoms with Gasteiger partial charge < -0.3 is 16.0 Å². The minimum Gasteiger partial charge on any atom is -0.325 e. The lowest BCUT2D eigenvalue weighted by Gasteiger charge is -2.14. The Kier molecular flexibility index (Phi) is 10.8. The molecule has 0 radical (unpaired) electrons. The molecule has 0 spiro atoms. The molecule has 0 heterocycles. The molecule has 4 rings (SSSR count). The summed E-state index contributed by atoms with van der Waals surface area (Å²) in [6.45, 7) is 6.08. The summed E-state index contributed by atoms with van der Waals surface area (Å²) < 4.78 is 0.941. The van der Waals surface area contributed by atoms with Crippen LogP contribution in [-0.4, -0.2) is 23.0 Å². The Hall–Kier alpha value is -4.14. The quantitative estimate of drug-likeness (QED) is 0.121. The van der Waals surface area contributed by atoms with Crippen molar-refractivity contribution in [2.24, 2.45) is 0 Å². The summed E-state index contributed by atoms with van der Waals surface area (Å²) in [5.41, 5.74) is 3.84. The molecule has 0 aliphatic heterocycles. The van der Waals surface area contributed by atoms with E-state index in [4.69, 9.17) is 0 Å². The maximum absolute atomic E-state index is 13.4. The van der Waals surface area contributed by atoms with Gasteiger partial charge in [-0.15, -0.1) is 11.8 Å². The van der Waals surface area contributed by atoms with Gasteiger partial charge in [0, 0.05) is 26.3 Å². The van der Waals surface area contributed by atoms with Gasteiger partial charge in [0.1, 0.15) is 5.70 Å². The molecule has 0 fully saturated rings. The van der Waals surface area contributed by atoms with Crippen molar-refractivity contribution in [3.05, 3.63) is 130 Å². The molecule has 0 bridgehead atoms. The first-order valence-corrected chi connectivity index (χ1v) is 15.2. The highest BCUT2D eigenvalue weighted by molar-refractivity contribution is 9.10. The van der Waals surface area contributed by atoms with Crippen LogP contribution in [0, 0.1) is 0 Å². The zero-order chi connectivity index (χ0) is 30.1. The molecule has 0 aliphatic carbocycles. The van der Waals surface area contributed by atoms with E-state index in [2.05, 4.69) is 45.7 Å². The maximum Gasteiger partial charge on any atom is 0.272 e. The Morgan fingerprint density at radius 1 is 0.738 bits per heavy atom. The van der Waals surface area contributed by atoms with Crippen LogP contribution in [0.3, 0.4) is 0 Å². The van der Waals surface area contributed by atoms with Crippen molar-refractivity contribution in [1.82, 2.24) is 5.32 Å². The monoisotopic (exact) mass is 641 g/mol. The fraction of sp³-hybridized carbons (Fsp3) is 0.147. The SMILES string of the molecule is CC(Sc1ccc(NC(=O)/C(=C/c2ccc(C(C)C)cc2)NC(=O)c2ccccc2)cc1)C(=O)Nc1ccc(Br)cc1. The van der Waals surface area contributed by atoms with E-state index in [1.54, 1.807) is 42.5 Å². The van der Waals surface area contributed by atoms with Gasteiger partial charge in [-0.1, -0.05) is 72.2 Å². The van der Waals surface area contributed by atoms with Gasteiger partial charge in [-0.3, -0.25) is 14.4 Å². The number of benzene rings is 4. The van der Waals surface area contributed by atoms with E-state index in [-0.39, 0.29) is 22.8 Å². The van der Waals surface area contributed by atoms with Gasteiger partial charge in [0.25, 0.3) is 11.8 Å². The minimum atomic E-state index is -0.449. The molecule has 3 amide bonds. The number of anilines is 2. The van der Waals surface area contributed by atoms with E-state index in [1.165, 1.54) is 17.3 Å². The minimum absolute atomic E-state index is 0.106. The Labute approximate surface area is 259 Å². The van der Waals surface area contributed by atoms with Crippen molar-refractivity contribution < 1.29 is 14.4 Å². The third-order valence-electron chi connectivity index (χ3n) is 6.35. The summed E-state index contributed by atoms with van der Waals surface area (Å²) in [6, 6.07) is 31.3. The number of carbonyl (C=O) groups excluding carboxylic acids is 3. The molecule has 214 valence electrons. The predicted octanol–water partition coefficient (Wildman–Crippen LogP) is 8.10. The fourth-order valence-corrected chi connectivity index (χ4v) is 5.07. The molecule has 4 aromatic carbocycles. The topological polar surface area (TPSA) is 87.3 Å². The number of hydrogen-bond acceptors (Lipinski definition) is 4. The average molecular weight is 643 g/mol. The number of rotatable bonds is 10. The maximum atomic E-state index is 13.4. The summed E-state index contributed by atoms with van der Waals surface area (Å²) in [6.07, 6.45) is 1.66. The third kappa shape index (κ3) is 8.93. The first-order chi connectivity index (χ1) is 20.2. The normalized spacial score (nSPS) is 12.0. The molecule has 3 N–H and O–H groups in total. The molecule has 1 unspecified atom stereocenters. The molecule has 8 heteroatoms. The van der Waals surface area contributed by atoms with Gasteiger partial charge >= 0.3 is 0 Å². The number of halogens is 1. The standard InChI is InChI=1S/C34H32BrN3O3S/c1-22(2)25-11-9-24(10-12-25)21-31(38-33(40)26-7-5-4-6-8-26)34(41)37-29-17-19-30(20-18-29)42-23(3)32(39)36-28-15-13-27(35)14-16-28/h4-23H,1-3H3,(H,36,39)(H,37,41)(H,38,40)/b31-21-. The molecular formula is C34H32BrN3O3S. The van der Waals surface area contributed by atoms with E-state index in [9.17, 15) is 14.4 Å². The van der Waals surface area contributed by atoms with Crippen LogP contribution < -0.4 is 16.0 Å². The van der Waals surface area contributed by atoms with Crippen LogP contribution >= 0.6 is 27.7 Å². The van der Waals surface area contributed by atoms with Crippen molar-refractivity contribution >= 4 is 62.9 Å². The van der Waals surface area contributed by atoms with Crippen LogP contribution in [-0.2, 0) is 9.59 Å². The van der Waals surface area contributed by atoms with Crippen LogP contribution in [0.5, 0.6) is 0 Å². The number of hydrogen-bond donors (Lipinski definition) is 3. The second kappa shape index (κ2) is 14.7. The lowest BCUT2D eigenvalue weighted by atomic mass is 10.0. The summed E-state index contributed by atoms with van der Waals surface area (Å²) in [5, 5.41) is 8.23. The lowest BCUT2D eigenvalue weighted by molar-refractivity contribution is -0.115. The second-order valence-electron chi connectivity index (χ2n) is 9.93. The van der Waals surface area contributed by atoms with Crippen molar-refractivity contribution in [1.29, 1.82) is 0 Å². The van der Waals surface area contributed by atoms with E-state index in [0.29, 0.717) is 17.2 Å². The number of carbonyl (C=O) groups is 3. The highest BCUT2D eigenvalue weighted by atomic mass is 79.9. The van der Waals surface area contributed by atoms with Gasteiger partial charge in [0.2, 0.25) is 5.91 Å².